The van der Waals surface area contributed by atoms with Gasteiger partial charge in [0.05, 0.1) is 6.10 Å². The minimum atomic E-state index is -0.442. The molecule has 0 radical (unpaired) electrons. The van der Waals surface area contributed by atoms with Crippen LogP contribution in [0.1, 0.15) is 60.3 Å². The van der Waals surface area contributed by atoms with Crippen molar-refractivity contribution in [2.75, 3.05) is 0 Å². The lowest BCUT2D eigenvalue weighted by molar-refractivity contribution is -0.104. The minimum Gasteiger partial charge on any atom is -0.388 e. The molecule has 0 fully saturated rings. The van der Waals surface area contributed by atoms with Crippen LogP contribution in [0.4, 0.5) is 0 Å². The molecule has 0 bridgehead atoms. The number of hydrogen-bond acceptors (Lipinski definition) is 2. The Morgan fingerprint density at radius 1 is 1.32 bits per heavy atom. The van der Waals surface area contributed by atoms with Crippen molar-refractivity contribution in [3.05, 3.63) is 46.6 Å². The Morgan fingerprint density at radius 3 is 2.59 bits per heavy atom. The Morgan fingerprint density at radius 2 is 2.00 bits per heavy atom. The van der Waals surface area contributed by atoms with E-state index >= 15 is 0 Å². The second-order valence-electron chi connectivity index (χ2n) is 7.03. The summed E-state index contributed by atoms with van der Waals surface area (Å²) >= 11 is 0. The number of aliphatic hydroxyl groups is 1. The van der Waals surface area contributed by atoms with Crippen LogP contribution in [0.15, 0.2) is 46.6 Å². The fraction of sp³-hybridized carbons (Fsp3) is 0.550. The van der Waals surface area contributed by atoms with Crippen molar-refractivity contribution in [2.45, 2.75) is 66.4 Å². The average molecular weight is 302 g/mol. The topological polar surface area (TPSA) is 37.3 Å². The zero-order valence-corrected chi connectivity index (χ0v) is 14.6. The van der Waals surface area contributed by atoms with E-state index in [1.54, 1.807) is 0 Å². The number of carbonyl (C=O) groups excluding carboxylic acids is 1. The lowest BCUT2D eigenvalue weighted by Gasteiger charge is -2.35. The largest absolute Gasteiger partial charge is 0.388 e. The highest BCUT2D eigenvalue weighted by molar-refractivity contribution is 5.66. The highest BCUT2D eigenvalue weighted by Crippen LogP contribution is 2.42. The molecule has 1 unspecified atom stereocenters. The SMILES string of the molecule is CC(=CC=O)/C=C/C=C(C)C(O)CC1=C(C)CCCC1(C)C. The van der Waals surface area contributed by atoms with Crippen LogP contribution in [-0.4, -0.2) is 17.5 Å². The summed E-state index contributed by atoms with van der Waals surface area (Å²) in [7, 11) is 0. The van der Waals surface area contributed by atoms with E-state index in [-0.39, 0.29) is 5.41 Å². The summed E-state index contributed by atoms with van der Waals surface area (Å²) in [4.78, 5) is 10.4. The zero-order chi connectivity index (χ0) is 16.8. The first kappa shape index (κ1) is 18.6. The van der Waals surface area contributed by atoms with Gasteiger partial charge < -0.3 is 5.11 Å². The molecule has 1 aliphatic rings. The first-order chi connectivity index (χ1) is 10.3. The van der Waals surface area contributed by atoms with Gasteiger partial charge in [0.25, 0.3) is 0 Å². The summed E-state index contributed by atoms with van der Waals surface area (Å²) in [6.45, 7) is 10.6. The number of hydrogen-bond donors (Lipinski definition) is 1. The van der Waals surface area contributed by atoms with Gasteiger partial charge in [-0.2, -0.15) is 0 Å². The van der Waals surface area contributed by atoms with Crippen molar-refractivity contribution >= 4 is 6.29 Å². The molecule has 0 spiro atoms. The Kier molecular flexibility index (Phi) is 7.02. The number of rotatable bonds is 6. The van der Waals surface area contributed by atoms with Crippen LogP contribution in [0.2, 0.25) is 0 Å². The van der Waals surface area contributed by atoms with Gasteiger partial charge in [-0.25, -0.2) is 0 Å². The van der Waals surface area contributed by atoms with E-state index in [1.807, 2.05) is 32.1 Å². The van der Waals surface area contributed by atoms with E-state index in [1.165, 1.54) is 30.1 Å². The van der Waals surface area contributed by atoms with Gasteiger partial charge in [-0.15, -0.1) is 0 Å². The lowest BCUT2D eigenvalue weighted by Crippen LogP contribution is -2.24. The smallest absolute Gasteiger partial charge is 0.143 e. The Labute approximate surface area is 135 Å². The maximum Gasteiger partial charge on any atom is 0.143 e. The molecule has 0 aromatic heterocycles. The summed E-state index contributed by atoms with van der Waals surface area (Å²) < 4.78 is 0. The molecule has 0 amide bonds. The molecule has 2 heteroatoms. The molecule has 1 atom stereocenters. The Hall–Kier alpha value is -1.41. The number of allylic oxidation sites excluding steroid dienone is 6. The van der Waals surface area contributed by atoms with Crippen LogP contribution in [0.5, 0.6) is 0 Å². The van der Waals surface area contributed by atoms with Crippen molar-refractivity contribution in [3.8, 4) is 0 Å². The molecule has 0 saturated heterocycles. The molecule has 122 valence electrons. The van der Waals surface area contributed by atoms with E-state index in [9.17, 15) is 9.90 Å². The van der Waals surface area contributed by atoms with Crippen LogP contribution in [0.25, 0.3) is 0 Å². The molecule has 0 saturated carbocycles. The molecule has 0 heterocycles. The molecule has 1 rings (SSSR count). The third-order valence-corrected chi connectivity index (χ3v) is 4.66. The van der Waals surface area contributed by atoms with Crippen molar-refractivity contribution in [3.63, 3.8) is 0 Å². The molecule has 1 N–H and O–H groups in total. The Bertz CT molecular complexity index is 516. The number of carbonyl (C=O) groups is 1. The fourth-order valence-corrected chi connectivity index (χ4v) is 3.11. The van der Waals surface area contributed by atoms with Crippen LogP contribution < -0.4 is 0 Å². The number of aliphatic hydroxyl groups excluding tert-OH is 1. The maximum atomic E-state index is 10.5. The normalized spacial score (nSPS) is 21.4. The molecule has 1 aliphatic carbocycles. The van der Waals surface area contributed by atoms with Gasteiger partial charge in [-0.3, -0.25) is 4.79 Å². The third kappa shape index (κ3) is 5.42. The first-order valence-corrected chi connectivity index (χ1v) is 8.12. The standard InChI is InChI=1S/C20H30O2/c1-15(11-13-21)8-6-9-17(3)19(22)14-18-16(2)10-7-12-20(18,4)5/h6,8-9,11,13,19,22H,7,10,12,14H2,1-5H3/b8-6+,15-11?,17-9?. The van der Waals surface area contributed by atoms with Gasteiger partial charge in [-0.1, -0.05) is 43.2 Å². The Balaban J connectivity index is 2.77. The minimum absolute atomic E-state index is 0.197. The highest BCUT2D eigenvalue weighted by Gasteiger charge is 2.29. The maximum absolute atomic E-state index is 10.5. The van der Waals surface area contributed by atoms with Crippen molar-refractivity contribution < 1.29 is 9.90 Å². The summed E-state index contributed by atoms with van der Waals surface area (Å²) in [6.07, 6.45) is 11.9. The van der Waals surface area contributed by atoms with Gasteiger partial charge in [-0.05, 0) is 69.1 Å². The lowest BCUT2D eigenvalue weighted by atomic mass is 9.70. The summed E-state index contributed by atoms with van der Waals surface area (Å²) in [5, 5.41) is 10.5. The van der Waals surface area contributed by atoms with Gasteiger partial charge in [0.1, 0.15) is 6.29 Å². The second-order valence-corrected chi connectivity index (χ2v) is 7.03. The van der Waals surface area contributed by atoms with Gasteiger partial charge >= 0.3 is 0 Å². The molecule has 0 aliphatic heterocycles. The summed E-state index contributed by atoms with van der Waals surface area (Å²) in [5.41, 5.74) is 4.92. The van der Waals surface area contributed by atoms with Crippen LogP contribution in [0.3, 0.4) is 0 Å². The fourth-order valence-electron chi connectivity index (χ4n) is 3.11. The van der Waals surface area contributed by atoms with E-state index in [2.05, 4.69) is 20.8 Å². The van der Waals surface area contributed by atoms with Crippen molar-refractivity contribution in [2.24, 2.45) is 5.41 Å². The molecule has 22 heavy (non-hydrogen) atoms. The van der Waals surface area contributed by atoms with E-state index in [0.717, 1.165) is 30.3 Å². The molecular formula is C20H30O2. The predicted molar refractivity (Wildman–Crippen MR) is 93.7 cm³/mol. The van der Waals surface area contributed by atoms with E-state index in [4.69, 9.17) is 0 Å². The average Bonchev–Trinajstić information content (AvgIpc) is 2.42. The van der Waals surface area contributed by atoms with Crippen molar-refractivity contribution in [1.29, 1.82) is 0 Å². The zero-order valence-electron chi connectivity index (χ0n) is 14.6. The number of aldehydes is 1. The second kappa shape index (κ2) is 8.28. The third-order valence-electron chi connectivity index (χ3n) is 4.66. The predicted octanol–water partition coefficient (Wildman–Crippen LogP) is 4.91. The molecular weight excluding hydrogens is 272 g/mol. The molecule has 2 nitrogen and oxygen atoms in total. The van der Waals surface area contributed by atoms with E-state index < -0.39 is 6.10 Å². The van der Waals surface area contributed by atoms with Gasteiger partial charge in [0.2, 0.25) is 0 Å². The van der Waals surface area contributed by atoms with Crippen LogP contribution in [-0.2, 0) is 4.79 Å². The monoisotopic (exact) mass is 302 g/mol. The highest BCUT2D eigenvalue weighted by atomic mass is 16.3. The van der Waals surface area contributed by atoms with E-state index in [0.29, 0.717) is 0 Å². The van der Waals surface area contributed by atoms with Gasteiger partial charge in [0, 0.05) is 0 Å². The summed E-state index contributed by atoms with van der Waals surface area (Å²) in [5.74, 6) is 0. The molecule has 0 aromatic carbocycles. The van der Waals surface area contributed by atoms with Crippen LogP contribution >= 0.6 is 0 Å². The first-order valence-electron chi connectivity index (χ1n) is 8.12. The quantitative estimate of drug-likeness (QED) is 0.327. The van der Waals surface area contributed by atoms with Crippen molar-refractivity contribution in [1.82, 2.24) is 0 Å². The van der Waals surface area contributed by atoms with Crippen LogP contribution in [0, 0.1) is 5.41 Å². The summed E-state index contributed by atoms with van der Waals surface area (Å²) in [6, 6.07) is 0. The molecule has 0 aromatic rings. The van der Waals surface area contributed by atoms with Gasteiger partial charge in [0.15, 0.2) is 0 Å².